The standard InChI is InChI=1S/C32H37N5O2/c1-6-37-13-7-8-28(37)20-35-30(38)24-11-9-23(10-12-24)29-17-27(19-34-21(29)2)36-31(39)25-14-22(18-33)15-26(16-25)32(3,4)5/h9-12,14-17,19,28H,6-8,13,20H2,1-5H3,(H,35,38)(H,36,39)/t28-/m1/s1. The molecule has 1 aromatic heterocycles. The number of nitriles is 1. The van der Waals surface area contributed by atoms with Crippen molar-refractivity contribution in [2.45, 2.75) is 58.9 Å². The van der Waals surface area contributed by atoms with Crippen molar-refractivity contribution in [3.8, 4) is 17.2 Å². The van der Waals surface area contributed by atoms with Crippen molar-refractivity contribution in [2.24, 2.45) is 0 Å². The minimum atomic E-state index is -0.301. The van der Waals surface area contributed by atoms with E-state index < -0.39 is 0 Å². The van der Waals surface area contributed by atoms with Crippen LogP contribution in [0.3, 0.4) is 0 Å². The average Bonchev–Trinajstić information content (AvgIpc) is 3.39. The number of pyridine rings is 1. The molecule has 0 aliphatic carbocycles. The van der Waals surface area contributed by atoms with E-state index >= 15 is 0 Å². The van der Waals surface area contributed by atoms with Crippen LogP contribution in [0, 0.1) is 18.3 Å². The lowest BCUT2D eigenvalue weighted by Crippen LogP contribution is -2.40. The lowest BCUT2D eigenvalue weighted by molar-refractivity contribution is 0.0940. The monoisotopic (exact) mass is 523 g/mol. The van der Waals surface area contributed by atoms with E-state index in [4.69, 9.17) is 0 Å². The molecule has 0 saturated carbocycles. The maximum absolute atomic E-state index is 13.1. The molecule has 3 aromatic rings. The number of amides is 2. The van der Waals surface area contributed by atoms with E-state index in [-0.39, 0.29) is 17.2 Å². The van der Waals surface area contributed by atoms with Gasteiger partial charge in [-0.2, -0.15) is 5.26 Å². The summed E-state index contributed by atoms with van der Waals surface area (Å²) in [6.07, 6.45) is 3.92. The van der Waals surface area contributed by atoms with Gasteiger partial charge in [-0.1, -0.05) is 39.8 Å². The van der Waals surface area contributed by atoms with Crippen LogP contribution in [0.1, 0.15) is 78.1 Å². The van der Waals surface area contributed by atoms with Gasteiger partial charge in [-0.3, -0.25) is 19.5 Å². The minimum absolute atomic E-state index is 0.0745. The van der Waals surface area contributed by atoms with E-state index in [0.717, 1.165) is 41.9 Å². The Morgan fingerprint density at radius 3 is 2.49 bits per heavy atom. The Morgan fingerprint density at radius 1 is 1.08 bits per heavy atom. The Morgan fingerprint density at radius 2 is 1.82 bits per heavy atom. The van der Waals surface area contributed by atoms with E-state index in [0.29, 0.717) is 35.0 Å². The first-order chi connectivity index (χ1) is 18.6. The third-order valence-corrected chi connectivity index (χ3v) is 7.40. The van der Waals surface area contributed by atoms with Gasteiger partial charge in [0.25, 0.3) is 11.8 Å². The number of nitrogens with zero attached hydrogens (tertiary/aromatic N) is 3. The number of carbonyl (C=O) groups is 2. The van der Waals surface area contributed by atoms with Crippen molar-refractivity contribution in [3.05, 3.63) is 82.7 Å². The fourth-order valence-electron chi connectivity index (χ4n) is 5.01. The molecule has 2 N–H and O–H groups in total. The number of anilines is 1. The number of likely N-dealkylation sites (tertiary alicyclic amines) is 1. The van der Waals surface area contributed by atoms with Crippen molar-refractivity contribution in [1.82, 2.24) is 15.2 Å². The summed E-state index contributed by atoms with van der Waals surface area (Å²) >= 11 is 0. The Bertz CT molecular complexity index is 1400. The molecular formula is C32H37N5O2. The summed E-state index contributed by atoms with van der Waals surface area (Å²) < 4.78 is 0. The highest BCUT2D eigenvalue weighted by Gasteiger charge is 2.23. The molecule has 0 spiro atoms. The van der Waals surface area contributed by atoms with Crippen molar-refractivity contribution < 1.29 is 9.59 Å². The summed E-state index contributed by atoms with van der Waals surface area (Å²) in [6.45, 7) is 13.0. The second kappa shape index (κ2) is 11.8. The molecule has 1 atom stereocenters. The van der Waals surface area contributed by atoms with E-state index in [9.17, 15) is 14.9 Å². The summed E-state index contributed by atoms with van der Waals surface area (Å²) in [7, 11) is 0. The van der Waals surface area contributed by atoms with Crippen LogP contribution in [-0.2, 0) is 5.41 Å². The maximum Gasteiger partial charge on any atom is 0.255 e. The molecule has 1 fully saturated rings. The first-order valence-electron chi connectivity index (χ1n) is 13.6. The lowest BCUT2D eigenvalue weighted by atomic mass is 9.85. The fourth-order valence-corrected chi connectivity index (χ4v) is 5.01. The molecule has 0 unspecified atom stereocenters. The number of likely N-dealkylation sites (N-methyl/N-ethyl adjacent to an activating group) is 1. The topological polar surface area (TPSA) is 98.1 Å². The van der Waals surface area contributed by atoms with Gasteiger partial charge in [-0.25, -0.2) is 0 Å². The van der Waals surface area contributed by atoms with E-state index in [1.54, 1.807) is 12.3 Å². The number of hydrogen-bond donors (Lipinski definition) is 2. The van der Waals surface area contributed by atoms with Gasteiger partial charge in [0.2, 0.25) is 0 Å². The predicted molar refractivity (Wildman–Crippen MR) is 155 cm³/mol. The summed E-state index contributed by atoms with van der Waals surface area (Å²) in [6, 6.07) is 17.2. The molecule has 7 heteroatoms. The highest BCUT2D eigenvalue weighted by molar-refractivity contribution is 6.05. The summed E-state index contributed by atoms with van der Waals surface area (Å²) in [5, 5.41) is 15.5. The second-order valence-corrected chi connectivity index (χ2v) is 11.2. The number of benzene rings is 2. The van der Waals surface area contributed by atoms with Crippen LogP contribution in [0.15, 0.2) is 54.7 Å². The number of carbonyl (C=O) groups excluding carboxylic acids is 2. The largest absolute Gasteiger partial charge is 0.350 e. The van der Waals surface area contributed by atoms with Gasteiger partial charge in [-0.05, 0) is 85.8 Å². The molecule has 4 rings (SSSR count). The van der Waals surface area contributed by atoms with Crippen LogP contribution in [-0.4, -0.2) is 47.4 Å². The highest BCUT2D eigenvalue weighted by atomic mass is 16.2. The molecule has 7 nitrogen and oxygen atoms in total. The second-order valence-electron chi connectivity index (χ2n) is 11.2. The lowest BCUT2D eigenvalue weighted by Gasteiger charge is -2.22. The van der Waals surface area contributed by atoms with Gasteiger partial charge in [0.05, 0.1) is 23.5 Å². The summed E-state index contributed by atoms with van der Waals surface area (Å²) in [5.41, 5.74) is 5.35. The van der Waals surface area contributed by atoms with E-state index in [2.05, 4.69) is 33.5 Å². The molecule has 2 heterocycles. The zero-order valence-corrected chi connectivity index (χ0v) is 23.5. The van der Waals surface area contributed by atoms with Gasteiger partial charge < -0.3 is 10.6 Å². The molecule has 1 aliphatic rings. The molecule has 202 valence electrons. The van der Waals surface area contributed by atoms with Crippen LogP contribution < -0.4 is 10.6 Å². The molecule has 39 heavy (non-hydrogen) atoms. The van der Waals surface area contributed by atoms with Crippen LogP contribution in [0.5, 0.6) is 0 Å². The maximum atomic E-state index is 13.1. The first kappa shape index (κ1) is 28.0. The van der Waals surface area contributed by atoms with Gasteiger partial charge in [0.15, 0.2) is 0 Å². The molecule has 2 aromatic carbocycles. The third kappa shape index (κ3) is 6.71. The molecule has 1 aliphatic heterocycles. The van der Waals surface area contributed by atoms with Crippen molar-refractivity contribution in [1.29, 1.82) is 5.26 Å². The van der Waals surface area contributed by atoms with Crippen LogP contribution in [0.4, 0.5) is 5.69 Å². The fraction of sp³-hybridized carbons (Fsp3) is 0.375. The zero-order chi connectivity index (χ0) is 28.2. The van der Waals surface area contributed by atoms with Crippen LogP contribution >= 0.6 is 0 Å². The Balaban J connectivity index is 1.48. The van der Waals surface area contributed by atoms with E-state index in [1.165, 1.54) is 6.42 Å². The number of nitrogens with one attached hydrogen (secondary N) is 2. The normalized spacial score (nSPS) is 15.5. The van der Waals surface area contributed by atoms with Gasteiger partial charge in [0.1, 0.15) is 0 Å². The van der Waals surface area contributed by atoms with Crippen molar-refractivity contribution >= 4 is 17.5 Å². The Labute approximate surface area is 231 Å². The van der Waals surface area contributed by atoms with E-state index in [1.807, 2.05) is 70.2 Å². The quantitative estimate of drug-likeness (QED) is 0.414. The summed E-state index contributed by atoms with van der Waals surface area (Å²) in [5.74, 6) is -0.375. The number of aryl methyl sites for hydroxylation is 1. The van der Waals surface area contributed by atoms with Gasteiger partial charge in [-0.15, -0.1) is 0 Å². The Hall–Kier alpha value is -4.02. The molecule has 0 radical (unpaired) electrons. The SMILES string of the molecule is CCN1CCC[C@@H]1CNC(=O)c1ccc(-c2cc(NC(=O)c3cc(C#N)cc(C(C)(C)C)c3)cnc2C)cc1. The van der Waals surface area contributed by atoms with Crippen molar-refractivity contribution in [2.75, 3.05) is 25.0 Å². The third-order valence-electron chi connectivity index (χ3n) is 7.40. The Kier molecular flexibility index (Phi) is 8.47. The smallest absolute Gasteiger partial charge is 0.255 e. The number of rotatable bonds is 7. The van der Waals surface area contributed by atoms with Crippen LogP contribution in [0.2, 0.25) is 0 Å². The zero-order valence-electron chi connectivity index (χ0n) is 23.5. The average molecular weight is 524 g/mol. The highest BCUT2D eigenvalue weighted by Crippen LogP contribution is 2.27. The van der Waals surface area contributed by atoms with Gasteiger partial charge in [0, 0.05) is 35.0 Å². The number of aromatic nitrogens is 1. The predicted octanol–water partition coefficient (Wildman–Crippen LogP) is 5.69. The van der Waals surface area contributed by atoms with Crippen LogP contribution in [0.25, 0.3) is 11.1 Å². The summed E-state index contributed by atoms with van der Waals surface area (Å²) in [4.78, 5) is 32.8. The number of hydrogen-bond acceptors (Lipinski definition) is 5. The minimum Gasteiger partial charge on any atom is -0.350 e. The first-order valence-corrected chi connectivity index (χ1v) is 13.6. The van der Waals surface area contributed by atoms with Crippen molar-refractivity contribution in [3.63, 3.8) is 0 Å². The van der Waals surface area contributed by atoms with Gasteiger partial charge >= 0.3 is 0 Å². The molecule has 0 bridgehead atoms. The molecular weight excluding hydrogens is 486 g/mol. The molecule has 1 saturated heterocycles. The molecule has 2 amide bonds.